The molecule has 2 aromatic heterocycles. The number of benzene rings is 3. The quantitative estimate of drug-likeness (QED) is 0.312. The highest BCUT2D eigenvalue weighted by atomic mass is 32.1. The lowest BCUT2D eigenvalue weighted by Crippen LogP contribution is -2.19. The number of aromatic nitrogens is 3. The fourth-order valence-electron chi connectivity index (χ4n) is 3.97. The highest BCUT2D eigenvalue weighted by molar-refractivity contribution is 7.21. The van der Waals surface area contributed by atoms with E-state index in [1.165, 1.54) is 14.9 Å². The van der Waals surface area contributed by atoms with Crippen molar-refractivity contribution in [3.05, 3.63) is 93.9 Å². The first-order chi connectivity index (χ1) is 16.4. The van der Waals surface area contributed by atoms with E-state index in [0.29, 0.717) is 11.3 Å². The number of hydrogen-bond acceptors (Lipinski definition) is 5. The topological polar surface area (TPSA) is 72.3 Å². The van der Waals surface area contributed by atoms with Crippen molar-refractivity contribution in [3.8, 4) is 22.0 Å². The van der Waals surface area contributed by atoms with Crippen LogP contribution in [0.2, 0.25) is 0 Å². The van der Waals surface area contributed by atoms with Crippen LogP contribution in [-0.4, -0.2) is 27.6 Å². The number of nitrogens with zero attached hydrogens (tertiary/aromatic N) is 3. The summed E-state index contributed by atoms with van der Waals surface area (Å²) in [5.74, 6) is 0.738. The van der Waals surface area contributed by atoms with Crippen molar-refractivity contribution in [3.63, 3.8) is 0 Å². The molecule has 0 aliphatic carbocycles. The summed E-state index contributed by atoms with van der Waals surface area (Å²) in [6.45, 7) is 5.83. The summed E-state index contributed by atoms with van der Waals surface area (Å²) in [5, 5.41) is 4.14. The van der Waals surface area contributed by atoms with Crippen LogP contribution in [0.5, 0.6) is 5.75 Å². The van der Waals surface area contributed by atoms with Crippen molar-refractivity contribution < 1.29 is 4.74 Å². The average molecular weight is 469 g/mol. The Kier molecular flexibility index (Phi) is 5.63. The van der Waals surface area contributed by atoms with Gasteiger partial charge in [-0.25, -0.2) is 9.67 Å². The molecule has 0 saturated heterocycles. The van der Waals surface area contributed by atoms with E-state index in [-0.39, 0.29) is 5.56 Å². The number of rotatable bonds is 5. The van der Waals surface area contributed by atoms with Gasteiger partial charge < -0.3 is 4.74 Å². The number of methoxy groups -OCH3 is 1. The van der Waals surface area contributed by atoms with Gasteiger partial charge in [-0.2, -0.15) is 0 Å². The Labute approximate surface area is 201 Å². The molecule has 0 aliphatic rings. The minimum absolute atomic E-state index is 0.134. The number of H-pyrrole nitrogens is 1. The van der Waals surface area contributed by atoms with Gasteiger partial charge in [-0.15, -0.1) is 11.3 Å². The van der Waals surface area contributed by atoms with Gasteiger partial charge in [0.2, 0.25) is 0 Å². The summed E-state index contributed by atoms with van der Waals surface area (Å²) in [7, 11) is 1.62. The minimum Gasteiger partial charge on any atom is -0.497 e. The second-order valence-electron chi connectivity index (χ2n) is 8.18. The highest BCUT2D eigenvalue weighted by Crippen LogP contribution is 2.31. The molecule has 0 amide bonds. The largest absolute Gasteiger partial charge is 0.497 e. The molecule has 170 valence electrons. The molecule has 2 heterocycles. The van der Waals surface area contributed by atoms with Crippen LogP contribution in [0.15, 0.2) is 76.5 Å². The molecule has 0 bridgehead atoms. The predicted molar refractivity (Wildman–Crippen MR) is 139 cm³/mol. The lowest BCUT2D eigenvalue weighted by molar-refractivity contribution is 0.414. The molecule has 5 rings (SSSR count). The number of ether oxygens (including phenoxy) is 1. The monoisotopic (exact) mass is 468 g/mol. The molecule has 6 nitrogen and oxygen atoms in total. The molecule has 0 saturated carbocycles. The molecule has 1 N–H and O–H groups in total. The minimum atomic E-state index is -0.134. The summed E-state index contributed by atoms with van der Waals surface area (Å²) in [5.41, 5.74) is 6.69. The van der Waals surface area contributed by atoms with Gasteiger partial charge in [0.25, 0.3) is 5.56 Å². The van der Waals surface area contributed by atoms with E-state index in [1.54, 1.807) is 18.4 Å². The summed E-state index contributed by atoms with van der Waals surface area (Å²) in [6, 6.07) is 21.6. The van der Waals surface area contributed by atoms with Crippen LogP contribution in [0.3, 0.4) is 0 Å². The van der Waals surface area contributed by atoms with Gasteiger partial charge in [0.1, 0.15) is 10.8 Å². The normalized spacial score (nSPS) is 11.8. The first-order valence-electron chi connectivity index (χ1n) is 10.9. The number of thiazole rings is 1. The van der Waals surface area contributed by atoms with Gasteiger partial charge in [0, 0.05) is 11.3 Å². The van der Waals surface area contributed by atoms with Gasteiger partial charge >= 0.3 is 0 Å². The van der Waals surface area contributed by atoms with Crippen LogP contribution in [0, 0.1) is 13.8 Å². The van der Waals surface area contributed by atoms with E-state index in [9.17, 15) is 4.79 Å². The van der Waals surface area contributed by atoms with Crippen molar-refractivity contribution >= 4 is 33.0 Å². The number of fused-ring (bicyclic) bond motifs is 1. The van der Waals surface area contributed by atoms with E-state index in [2.05, 4.69) is 30.2 Å². The van der Waals surface area contributed by atoms with Crippen molar-refractivity contribution in [1.29, 1.82) is 0 Å². The average Bonchev–Trinajstić information content (AvgIpc) is 3.39. The smallest absolute Gasteiger partial charge is 0.280 e. The number of aliphatic imine (C=N–C) groups is 1. The fraction of sp³-hybridized carbons (Fsp3) is 0.148. The van der Waals surface area contributed by atoms with Crippen LogP contribution in [0.1, 0.15) is 23.7 Å². The van der Waals surface area contributed by atoms with E-state index in [1.807, 2.05) is 62.4 Å². The number of nitrogens with one attached hydrogen (secondary N) is 1. The second-order valence-corrected chi connectivity index (χ2v) is 9.22. The lowest BCUT2D eigenvalue weighted by Gasteiger charge is -2.03. The number of hydrogen-bond donors (Lipinski definition) is 1. The van der Waals surface area contributed by atoms with E-state index in [0.717, 1.165) is 38.9 Å². The fourth-order valence-corrected chi connectivity index (χ4v) is 5.04. The van der Waals surface area contributed by atoms with Crippen LogP contribution >= 0.6 is 11.3 Å². The van der Waals surface area contributed by atoms with Gasteiger partial charge in [0.05, 0.1) is 40.0 Å². The lowest BCUT2D eigenvalue weighted by atomic mass is 10.1. The molecule has 0 atom stereocenters. The Hall–Kier alpha value is -3.97. The van der Waals surface area contributed by atoms with Crippen molar-refractivity contribution in [2.45, 2.75) is 20.8 Å². The zero-order valence-corrected chi connectivity index (χ0v) is 20.2. The highest BCUT2D eigenvalue weighted by Gasteiger charge is 2.15. The molecule has 0 spiro atoms. The van der Waals surface area contributed by atoms with Gasteiger partial charge in [-0.1, -0.05) is 6.07 Å². The third-order valence-corrected chi connectivity index (χ3v) is 6.79. The van der Waals surface area contributed by atoms with Crippen LogP contribution in [0.4, 0.5) is 5.69 Å². The molecular formula is C27H24N4O2S. The first-order valence-corrected chi connectivity index (χ1v) is 11.7. The Balaban J connectivity index is 1.43. The molecule has 0 radical (unpaired) electrons. The zero-order valence-electron chi connectivity index (χ0n) is 19.4. The Bertz CT molecular complexity index is 1570. The second kappa shape index (κ2) is 8.76. The zero-order chi connectivity index (χ0) is 23.8. The summed E-state index contributed by atoms with van der Waals surface area (Å²) < 4.78 is 7.92. The van der Waals surface area contributed by atoms with Crippen LogP contribution in [-0.2, 0) is 0 Å². The van der Waals surface area contributed by atoms with Crippen molar-refractivity contribution in [1.82, 2.24) is 14.8 Å². The van der Waals surface area contributed by atoms with Crippen LogP contribution < -0.4 is 10.3 Å². The van der Waals surface area contributed by atoms with E-state index >= 15 is 0 Å². The summed E-state index contributed by atoms with van der Waals surface area (Å²) in [6.07, 6.45) is 0. The molecule has 7 heteroatoms. The van der Waals surface area contributed by atoms with E-state index in [4.69, 9.17) is 14.7 Å². The molecular weight excluding hydrogens is 444 g/mol. The Morgan fingerprint density at radius 3 is 2.47 bits per heavy atom. The number of aryl methyl sites for hydroxylation is 2. The molecule has 3 aromatic carbocycles. The maximum Gasteiger partial charge on any atom is 0.280 e. The van der Waals surface area contributed by atoms with E-state index < -0.39 is 0 Å². The first kappa shape index (κ1) is 21.9. The van der Waals surface area contributed by atoms with Crippen molar-refractivity contribution in [2.24, 2.45) is 4.99 Å². The SMILES string of the molecule is COc1ccc(-n2[nH]c(C)c(C(C)=Nc3ccc(-c4nc5ccc(C)cc5s4)cc3)c2=O)cc1. The molecule has 0 aliphatic heterocycles. The predicted octanol–water partition coefficient (Wildman–Crippen LogP) is 6.21. The summed E-state index contributed by atoms with van der Waals surface area (Å²) in [4.78, 5) is 22.6. The third kappa shape index (κ3) is 4.06. The Morgan fingerprint density at radius 1 is 1.03 bits per heavy atom. The maximum absolute atomic E-state index is 13.1. The number of aromatic amines is 1. The molecule has 0 fully saturated rings. The van der Waals surface area contributed by atoms with Crippen molar-refractivity contribution in [2.75, 3.05) is 7.11 Å². The Morgan fingerprint density at radius 2 is 1.76 bits per heavy atom. The third-order valence-electron chi connectivity index (χ3n) is 5.72. The molecule has 5 aromatic rings. The standard InChI is InChI=1S/C27H24N4O2S/c1-16-5-14-23-24(15-16)34-26(29-23)19-6-8-20(9-7-19)28-17(2)25-18(3)30-31(27(25)32)21-10-12-22(33-4)13-11-21/h5-15,30H,1-4H3. The van der Waals surface area contributed by atoms with Crippen LogP contribution in [0.25, 0.3) is 26.5 Å². The van der Waals surface area contributed by atoms with Gasteiger partial charge in [-0.05, 0) is 87.0 Å². The van der Waals surface area contributed by atoms with Gasteiger partial charge in [-0.3, -0.25) is 14.9 Å². The maximum atomic E-state index is 13.1. The summed E-state index contributed by atoms with van der Waals surface area (Å²) >= 11 is 1.68. The molecule has 34 heavy (non-hydrogen) atoms. The molecule has 0 unspecified atom stereocenters. The van der Waals surface area contributed by atoms with Gasteiger partial charge in [0.15, 0.2) is 0 Å².